The molecule has 1 aromatic carbocycles. The van der Waals surface area contributed by atoms with Crippen molar-refractivity contribution in [3.05, 3.63) is 42.5 Å². The molecular weight excluding hydrogens is 256 g/mol. The lowest BCUT2D eigenvalue weighted by Gasteiger charge is -2.17. The summed E-state index contributed by atoms with van der Waals surface area (Å²) in [6, 6.07) is 9.47. The van der Waals surface area contributed by atoms with Gasteiger partial charge in [-0.3, -0.25) is 0 Å². The highest BCUT2D eigenvalue weighted by Gasteiger charge is 2.13. The van der Waals surface area contributed by atoms with Crippen LogP contribution in [-0.2, 0) is 7.05 Å². The quantitative estimate of drug-likeness (QED) is 0.786. The molecule has 1 heterocycles. The van der Waals surface area contributed by atoms with Crippen LogP contribution in [0, 0.1) is 0 Å². The van der Waals surface area contributed by atoms with Gasteiger partial charge in [0.15, 0.2) is 0 Å². The van der Waals surface area contributed by atoms with Crippen molar-refractivity contribution in [1.82, 2.24) is 20.1 Å². The third-order valence-electron chi connectivity index (χ3n) is 2.98. The van der Waals surface area contributed by atoms with Crippen LogP contribution in [0.4, 0.5) is 0 Å². The van der Waals surface area contributed by atoms with Crippen LogP contribution in [-0.4, -0.2) is 39.1 Å². The summed E-state index contributed by atoms with van der Waals surface area (Å²) in [6.07, 6.45) is 1.08. The van der Waals surface area contributed by atoms with Crippen LogP contribution in [0.25, 0.3) is 0 Å². The molecule has 0 bridgehead atoms. The maximum Gasteiger partial charge on any atom is 0.149 e. The van der Waals surface area contributed by atoms with Crippen molar-refractivity contribution in [2.75, 3.05) is 13.2 Å². The fraction of sp³-hybridized carbons (Fsp3) is 0.429. The van der Waals surface area contributed by atoms with Crippen LogP contribution in [0.1, 0.15) is 18.8 Å². The Morgan fingerprint density at radius 2 is 2.10 bits per heavy atom. The van der Waals surface area contributed by atoms with Crippen molar-refractivity contribution in [2.24, 2.45) is 7.05 Å². The van der Waals surface area contributed by atoms with Gasteiger partial charge in [-0.05, 0) is 19.1 Å². The van der Waals surface area contributed by atoms with Crippen molar-refractivity contribution < 1.29 is 9.84 Å². The molecule has 2 N–H and O–H groups in total. The van der Waals surface area contributed by atoms with Gasteiger partial charge < -0.3 is 19.7 Å². The van der Waals surface area contributed by atoms with Crippen molar-refractivity contribution in [3.8, 4) is 5.75 Å². The van der Waals surface area contributed by atoms with Gasteiger partial charge in [-0.25, -0.2) is 0 Å². The number of hydrogen-bond donors (Lipinski definition) is 2. The summed E-state index contributed by atoms with van der Waals surface area (Å²) in [7, 11) is 1.89. The number of para-hydroxylation sites is 1. The van der Waals surface area contributed by atoms with Crippen LogP contribution >= 0.6 is 0 Å². The summed E-state index contributed by atoms with van der Waals surface area (Å²) in [5, 5.41) is 21.0. The number of nitrogens with one attached hydrogen (secondary N) is 1. The fourth-order valence-electron chi connectivity index (χ4n) is 1.86. The maximum absolute atomic E-state index is 9.90. The fourth-order valence-corrected chi connectivity index (χ4v) is 1.86. The summed E-state index contributed by atoms with van der Waals surface area (Å²) in [5.41, 5.74) is 0. The molecule has 0 aliphatic carbocycles. The highest BCUT2D eigenvalue weighted by molar-refractivity contribution is 5.20. The molecular formula is C14H20N4O2. The second-order valence-electron chi connectivity index (χ2n) is 4.71. The van der Waals surface area contributed by atoms with E-state index in [9.17, 15) is 5.11 Å². The van der Waals surface area contributed by atoms with E-state index in [1.165, 1.54) is 0 Å². The zero-order valence-corrected chi connectivity index (χ0v) is 11.7. The predicted molar refractivity (Wildman–Crippen MR) is 75.4 cm³/mol. The molecule has 0 saturated carbocycles. The first-order chi connectivity index (χ1) is 9.66. The predicted octanol–water partition coefficient (Wildman–Crippen LogP) is 0.906. The molecule has 2 atom stereocenters. The molecule has 0 aliphatic heterocycles. The number of aliphatic hydroxyl groups is 1. The van der Waals surface area contributed by atoms with Gasteiger partial charge in [0, 0.05) is 13.6 Å². The molecule has 2 rings (SSSR count). The van der Waals surface area contributed by atoms with E-state index in [0.29, 0.717) is 6.54 Å². The average molecular weight is 276 g/mol. The lowest BCUT2D eigenvalue weighted by atomic mass is 10.3. The minimum Gasteiger partial charge on any atom is -0.491 e. The lowest BCUT2D eigenvalue weighted by Crippen LogP contribution is -2.33. The van der Waals surface area contributed by atoms with Gasteiger partial charge in [-0.15, -0.1) is 10.2 Å². The Labute approximate surface area is 118 Å². The Morgan fingerprint density at radius 1 is 1.35 bits per heavy atom. The van der Waals surface area contributed by atoms with Crippen molar-refractivity contribution >= 4 is 0 Å². The Bertz CT molecular complexity index is 515. The smallest absolute Gasteiger partial charge is 0.149 e. The number of rotatable bonds is 7. The number of aryl methyl sites for hydroxylation is 1. The second-order valence-corrected chi connectivity index (χ2v) is 4.71. The highest BCUT2D eigenvalue weighted by Crippen LogP contribution is 2.09. The molecule has 0 spiro atoms. The first-order valence-electron chi connectivity index (χ1n) is 6.60. The van der Waals surface area contributed by atoms with E-state index in [1.54, 1.807) is 6.33 Å². The molecule has 108 valence electrons. The van der Waals surface area contributed by atoms with Gasteiger partial charge in [-0.1, -0.05) is 18.2 Å². The summed E-state index contributed by atoms with van der Waals surface area (Å²) in [4.78, 5) is 0. The first kappa shape index (κ1) is 14.5. The van der Waals surface area contributed by atoms with Gasteiger partial charge in [0.05, 0.1) is 6.04 Å². The molecule has 0 aliphatic rings. The molecule has 2 unspecified atom stereocenters. The van der Waals surface area contributed by atoms with Gasteiger partial charge in [0.25, 0.3) is 0 Å². The van der Waals surface area contributed by atoms with Gasteiger partial charge in [-0.2, -0.15) is 0 Å². The Hall–Kier alpha value is -1.92. The topological polar surface area (TPSA) is 72.2 Å². The number of aliphatic hydroxyl groups excluding tert-OH is 1. The molecule has 2 aromatic rings. The van der Waals surface area contributed by atoms with E-state index in [2.05, 4.69) is 15.5 Å². The van der Waals surface area contributed by atoms with Gasteiger partial charge >= 0.3 is 0 Å². The number of aromatic nitrogens is 3. The number of ether oxygens (including phenoxy) is 1. The third kappa shape index (κ3) is 4.04. The normalized spacial score (nSPS) is 13.9. The average Bonchev–Trinajstić information content (AvgIpc) is 2.90. The largest absolute Gasteiger partial charge is 0.491 e. The Balaban J connectivity index is 1.72. The van der Waals surface area contributed by atoms with E-state index in [1.807, 2.05) is 48.9 Å². The van der Waals surface area contributed by atoms with E-state index in [-0.39, 0.29) is 12.6 Å². The van der Waals surface area contributed by atoms with E-state index >= 15 is 0 Å². The van der Waals surface area contributed by atoms with Gasteiger partial charge in [0.2, 0.25) is 0 Å². The lowest BCUT2D eigenvalue weighted by molar-refractivity contribution is 0.104. The number of hydrogen-bond acceptors (Lipinski definition) is 5. The molecule has 0 radical (unpaired) electrons. The minimum atomic E-state index is -0.578. The molecule has 1 aromatic heterocycles. The second kappa shape index (κ2) is 7.02. The van der Waals surface area contributed by atoms with E-state index in [0.717, 1.165) is 11.6 Å². The van der Waals surface area contributed by atoms with E-state index < -0.39 is 6.10 Å². The summed E-state index contributed by atoms with van der Waals surface area (Å²) < 4.78 is 7.34. The molecule has 0 saturated heterocycles. The minimum absolute atomic E-state index is 0.0221. The third-order valence-corrected chi connectivity index (χ3v) is 2.98. The Kier molecular flexibility index (Phi) is 5.09. The molecule has 0 amide bonds. The zero-order chi connectivity index (χ0) is 14.4. The van der Waals surface area contributed by atoms with Gasteiger partial charge in [0.1, 0.15) is 30.6 Å². The van der Waals surface area contributed by atoms with Crippen LogP contribution in [0.15, 0.2) is 36.7 Å². The molecule has 20 heavy (non-hydrogen) atoms. The van der Waals surface area contributed by atoms with Crippen LogP contribution < -0.4 is 10.1 Å². The van der Waals surface area contributed by atoms with Crippen LogP contribution in [0.3, 0.4) is 0 Å². The van der Waals surface area contributed by atoms with E-state index in [4.69, 9.17) is 4.74 Å². The Morgan fingerprint density at radius 3 is 2.75 bits per heavy atom. The van der Waals surface area contributed by atoms with Crippen molar-refractivity contribution in [1.29, 1.82) is 0 Å². The number of nitrogens with zero attached hydrogens (tertiary/aromatic N) is 3. The summed E-state index contributed by atoms with van der Waals surface area (Å²) >= 11 is 0. The maximum atomic E-state index is 9.90. The van der Waals surface area contributed by atoms with Crippen molar-refractivity contribution in [3.63, 3.8) is 0 Å². The van der Waals surface area contributed by atoms with Crippen LogP contribution in [0.2, 0.25) is 0 Å². The monoisotopic (exact) mass is 276 g/mol. The summed E-state index contributed by atoms with van der Waals surface area (Å²) in [6.45, 7) is 2.66. The highest BCUT2D eigenvalue weighted by atomic mass is 16.5. The first-order valence-corrected chi connectivity index (χ1v) is 6.60. The zero-order valence-electron chi connectivity index (χ0n) is 11.7. The number of benzene rings is 1. The molecule has 6 nitrogen and oxygen atoms in total. The standard InChI is InChI=1S/C14H20N4O2/c1-11(14-17-16-10-18(14)2)15-8-12(19)9-20-13-6-4-3-5-7-13/h3-7,10-12,15,19H,8-9H2,1-2H3. The molecule has 0 fully saturated rings. The SMILES string of the molecule is CC(NCC(O)COc1ccccc1)c1nncn1C. The van der Waals surface area contributed by atoms with Crippen molar-refractivity contribution in [2.45, 2.75) is 19.1 Å². The molecule has 6 heteroatoms. The summed E-state index contributed by atoms with van der Waals surface area (Å²) in [5.74, 6) is 1.59. The van der Waals surface area contributed by atoms with Crippen LogP contribution in [0.5, 0.6) is 5.75 Å².